The van der Waals surface area contributed by atoms with Crippen LogP contribution in [0.2, 0.25) is 0 Å². The minimum absolute atomic E-state index is 0.124. The van der Waals surface area contributed by atoms with E-state index in [1.807, 2.05) is 60.9 Å². The number of rotatable bonds is 6. The number of amides is 2. The maximum atomic E-state index is 12.5. The van der Waals surface area contributed by atoms with Crippen LogP contribution in [0.15, 0.2) is 67.0 Å². The summed E-state index contributed by atoms with van der Waals surface area (Å²) in [5.41, 5.74) is 3.02. The van der Waals surface area contributed by atoms with Gasteiger partial charge in [-0.3, -0.25) is 0 Å². The van der Waals surface area contributed by atoms with E-state index in [4.69, 9.17) is 0 Å². The zero-order valence-corrected chi connectivity index (χ0v) is 16.1. The van der Waals surface area contributed by atoms with Crippen LogP contribution in [-0.4, -0.2) is 27.5 Å². The van der Waals surface area contributed by atoms with Gasteiger partial charge in [-0.15, -0.1) is 0 Å². The summed E-state index contributed by atoms with van der Waals surface area (Å²) in [5.74, 6) is 1.43. The minimum Gasteiger partial charge on any atom is -0.330 e. The number of imidazole rings is 1. The summed E-state index contributed by atoms with van der Waals surface area (Å²) in [6.45, 7) is 5.58. The summed E-state index contributed by atoms with van der Waals surface area (Å²) in [5, 5.41) is 2.98. The lowest BCUT2D eigenvalue weighted by molar-refractivity contribution is 0.220. The second kappa shape index (κ2) is 8.54. The lowest BCUT2D eigenvalue weighted by atomic mass is 10.1. The molecule has 3 rings (SSSR count). The Hall–Kier alpha value is -3.08. The Morgan fingerprint density at radius 1 is 1.11 bits per heavy atom. The topological polar surface area (TPSA) is 50.2 Å². The van der Waals surface area contributed by atoms with Crippen LogP contribution < -0.4 is 5.32 Å². The van der Waals surface area contributed by atoms with E-state index in [9.17, 15) is 4.79 Å². The van der Waals surface area contributed by atoms with E-state index in [-0.39, 0.29) is 6.03 Å². The molecule has 27 heavy (non-hydrogen) atoms. The maximum Gasteiger partial charge on any atom is 0.321 e. The largest absolute Gasteiger partial charge is 0.330 e. The first-order valence-corrected chi connectivity index (χ1v) is 9.19. The van der Waals surface area contributed by atoms with Crippen molar-refractivity contribution in [2.45, 2.75) is 32.9 Å². The molecule has 0 aliphatic heterocycles. The third-order valence-electron chi connectivity index (χ3n) is 4.40. The fraction of sp³-hybridized carbons (Fsp3) is 0.273. The third-order valence-corrected chi connectivity index (χ3v) is 4.40. The molecule has 0 radical (unpaired) electrons. The third kappa shape index (κ3) is 4.97. The lowest BCUT2D eigenvalue weighted by Crippen LogP contribution is -2.30. The predicted molar refractivity (Wildman–Crippen MR) is 109 cm³/mol. The molecule has 1 N–H and O–H groups in total. The van der Waals surface area contributed by atoms with Crippen molar-refractivity contribution in [3.05, 3.63) is 83.9 Å². The van der Waals surface area contributed by atoms with Crippen LogP contribution in [0.1, 0.15) is 36.7 Å². The number of hydrogen-bond donors (Lipinski definition) is 1. The molecule has 2 aromatic carbocycles. The van der Waals surface area contributed by atoms with Crippen molar-refractivity contribution in [1.82, 2.24) is 14.5 Å². The Labute approximate surface area is 160 Å². The summed E-state index contributed by atoms with van der Waals surface area (Å²) in [4.78, 5) is 18.6. The number of anilines is 1. The molecule has 140 valence electrons. The number of aromatic nitrogens is 2. The van der Waals surface area contributed by atoms with Crippen LogP contribution in [0, 0.1) is 0 Å². The van der Waals surface area contributed by atoms with Gasteiger partial charge in [0.1, 0.15) is 5.82 Å². The zero-order valence-electron chi connectivity index (χ0n) is 16.1. The van der Waals surface area contributed by atoms with Gasteiger partial charge in [0.15, 0.2) is 0 Å². The van der Waals surface area contributed by atoms with Gasteiger partial charge in [-0.05, 0) is 23.3 Å². The minimum atomic E-state index is -0.124. The van der Waals surface area contributed by atoms with Crippen LogP contribution >= 0.6 is 0 Å². The highest BCUT2D eigenvalue weighted by atomic mass is 16.2. The first kappa shape index (κ1) is 18.7. The normalized spacial score (nSPS) is 10.8. The molecule has 3 aromatic rings. The average Bonchev–Trinajstić information content (AvgIpc) is 3.11. The van der Waals surface area contributed by atoms with E-state index in [0.29, 0.717) is 12.5 Å². The van der Waals surface area contributed by atoms with E-state index in [1.54, 1.807) is 11.9 Å². The van der Waals surface area contributed by atoms with Crippen molar-refractivity contribution >= 4 is 11.7 Å². The van der Waals surface area contributed by atoms with E-state index < -0.39 is 0 Å². The SMILES string of the molecule is CC(C)c1nccn1Cc1cccc(NC(=O)N(C)Cc2ccccc2)c1. The van der Waals surface area contributed by atoms with E-state index >= 15 is 0 Å². The Morgan fingerprint density at radius 2 is 1.85 bits per heavy atom. The van der Waals surface area contributed by atoms with Gasteiger partial charge < -0.3 is 14.8 Å². The number of benzene rings is 2. The molecule has 2 amide bonds. The molecule has 0 fully saturated rings. The van der Waals surface area contributed by atoms with E-state index in [2.05, 4.69) is 34.8 Å². The molecule has 1 heterocycles. The molecular weight excluding hydrogens is 336 g/mol. The molecule has 0 atom stereocenters. The standard InChI is InChI=1S/C22H26N4O/c1-17(2)21-23-12-13-26(21)16-19-10-7-11-20(14-19)24-22(27)25(3)15-18-8-5-4-6-9-18/h4-14,17H,15-16H2,1-3H3,(H,24,27). The van der Waals surface area contributed by atoms with Gasteiger partial charge in [0, 0.05) is 44.1 Å². The van der Waals surface area contributed by atoms with Crippen molar-refractivity contribution in [2.75, 3.05) is 12.4 Å². The molecule has 0 aliphatic rings. The highest BCUT2D eigenvalue weighted by molar-refractivity contribution is 5.89. The Balaban J connectivity index is 1.65. The number of urea groups is 1. The van der Waals surface area contributed by atoms with Crippen LogP contribution in [0.25, 0.3) is 0 Å². The van der Waals surface area contributed by atoms with Crippen LogP contribution in [0.3, 0.4) is 0 Å². The van der Waals surface area contributed by atoms with Gasteiger partial charge >= 0.3 is 6.03 Å². The summed E-state index contributed by atoms with van der Waals surface area (Å²) in [7, 11) is 1.80. The lowest BCUT2D eigenvalue weighted by Gasteiger charge is -2.18. The smallest absolute Gasteiger partial charge is 0.321 e. The quantitative estimate of drug-likeness (QED) is 0.690. The Morgan fingerprint density at radius 3 is 2.59 bits per heavy atom. The van der Waals surface area contributed by atoms with Crippen molar-refractivity contribution in [1.29, 1.82) is 0 Å². The molecule has 0 unspecified atom stereocenters. The molecular formula is C22H26N4O. The van der Waals surface area contributed by atoms with Gasteiger partial charge in [0.25, 0.3) is 0 Å². The molecule has 0 bridgehead atoms. The van der Waals surface area contributed by atoms with Crippen molar-refractivity contribution in [3.63, 3.8) is 0 Å². The van der Waals surface area contributed by atoms with Crippen LogP contribution in [-0.2, 0) is 13.1 Å². The summed E-state index contributed by atoms with van der Waals surface area (Å²) >= 11 is 0. The highest BCUT2D eigenvalue weighted by Gasteiger charge is 2.11. The molecule has 0 aliphatic carbocycles. The van der Waals surface area contributed by atoms with E-state index in [0.717, 1.165) is 29.2 Å². The first-order valence-electron chi connectivity index (χ1n) is 9.19. The molecule has 0 spiro atoms. The molecule has 1 aromatic heterocycles. The number of nitrogens with one attached hydrogen (secondary N) is 1. The predicted octanol–water partition coefficient (Wildman–Crippen LogP) is 4.72. The highest BCUT2D eigenvalue weighted by Crippen LogP contribution is 2.17. The number of hydrogen-bond acceptors (Lipinski definition) is 2. The first-order chi connectivity index (χ1) is 13.0. The monoisotopic (exact) mass is 362 g/mol. The summed E-state index contributed by atoms with van der Waals surface area (Å²) in [6.07, 6.45) is 3.83. The van der Waals surface area contributed by atoms with E-state index in [1.165, 1.54) is 0 Å². The van der Waals surface area contributed by atoms with Gasteiger partial charge in [-0.25, -0.2) is 9.78 Å². The maximum absolute atomic E-state index is 12.5. The van der Waals surface area contributed by atoms with Crippen LogP contribution in [0.5, 0.6) is 0 Å². The van der Waals surface area contributed by atoms with Crippen molar-refractivity contribution < 1.29 is 4.79 Å². The van der Waals surface area contributed by atoms with Gasteiger partial charge in [-0.2, -0.15) is 0 Å². The fourth-order valence-corrected chi connectivity index (χ4v) is 3.05. The van der Waals surface area contributed by atoms with Crippen molar-refractivity contribution in [2.24, 2.45) is 0 Å². The summed E-state index contributed by atoms with van der Waals surface area (Å²) < 4.78 is 2.15. The molecule has 0 saturated carbocycles. The second-order valence-electron chi connectivity index (χ2n) is 7.04. The molecule has 5 heteroatoms. The van der Waals surface area contributed by atoms with Crippen LogP contribution in [0.4, 0.5) is 10.5 Å². The van der Waals surface area contributed by atoms with Gasteiger partial charge in [0.2, 0.25) is 0 Å². The number of carbonyl (C=O) groups is 1. The number of nitrogens with zero attached hydrogens (tertiary/aromatic N) is 3. The van der Waals surface area contributed by atoms with Gasteiger partial charge in [-0.1, -0.05) is 56.3 Å². The second-order valence-corrected chi connectivity index (χ2v) is 7.04. The Bertz CT molecular complexity index is 886. The van der Waals surface area contributed by atoms with Gasteiger partial charge in [0.05, 0.1) is 0 Å². The van der Waals surface area contributed by atoms with Crippen molar-refractivity contribution in [3.8, 4) is 0 Å². The summed E-state index contributed by atoms with van der Waals surface area (Å²) in [6, 6.07) is 17.8. The zero-order chi connectivity index (χ0) is 19.2. The average molecular weight is 362 g/mol. The molecule has 0 saturated heterocycles. The number of carbonyl (C=O) groups excluding carboxylic acids is 1. The molecule has 5 nitrogen and oxygen atoms in total. The fourth-order valence-electron chi connectivity index (χ4n) is 3.05. The Kier molecular flexibility index (Phi) is 5.91.